The summed E-state index contributed by atoms with van der Waals surface area (Å²) in [6, 6.07) is 0. The molecule has 1 aliphatic heterocycles. The normalized spacial score (nSPS) is 41.4. The summed E-state index contributed by atoms with van der Waals surface area (Å²) < 4.78 is 27.1. The van der Waals surface area contributed by atoms with E-state index in [1.807, 2.05) is 0 Å². The third-order valence-corrected chi connectivity index (χ3v) is 19.4. The molecule has 55 heavy (non-hydrogen) atoms. The Morgan fingerprint density at radius 3 is 1.91 bits per heavy atom. The zero-order chi connectivity index (χ0) is 40.1. The third kappa shape index (κ3) is 9.33. The molecule has 14 atom stereocenters. The summed E-state index contributed by atoms with van der Waals surface area (Å²) in [5, 5.41) is 30.4. The predicted molar refractivity (Wildman–Crippen MR) is 222 cm³/mol. The van der Waals surface area contributed by atoms with Gasteiger partial charge in [0.25, 0.3) is 0 Å². The first-order chi connectivity index (χ1) is 26.1. The van der Waals surface area contributed by atoms with Crippen LogP contribution in [-0.4, -0.2) is 67.1 Å². The van der Waals surface area contributed by atoms with Gasteiger partial charge in [-0.3, -0.25) is 4.57 Å². The van der Waals surface area contributed by atoms with Crippen LogP contribution in [0, 0.1) is 46.3 Å². The van der Waals surface area contributed by atoms with E-state index in [-0.39, 0.29) is 18.3 Å². The minimum atomic E-state index is -4.65. The number of ether oxygens (including phenoxy) is 2. The van der Waals surface area contributed by atoms with Gasteiger partial charge in [0.1, 0.15) is 18.3 Å². The molecule has 0 spiro atoms. The van der Waals surface area contributed by atoms with Gasteiger partial charge in [-0.1, -0.05) is 138 Å². The van der Waals surface area contributed by atoms with Crippen LogP contribution in [0.2, 0.25) is 0 Å². The van der Waals surface area contributed by atoms with Crippen molar-refractivity contribution in [3.8, 4) is 0 Å². The van der Waals surface area contributed by atoms with Crippen LogP contribution in [0.1, 0.15) is 202 Å². The molecule has 0 amide bonds. The first kappa shape index (κ1) is 46.0. The van der Waals surface area contributed by atoms with E-state index in [0.717, 1.165) is 44.4 Å². The van der Waals surface area contributed by atoms with Crippen LogP contribution in [0.4, 0.5) is 0 Å². The van der Waals surface area contributed by atoms with Gasteiger partial charge in [0.05, 0.1) is 17.4 Å². The van der Waals surface area contributed by atoms with E-state index in [1.165, 1.54) is 96.3 Å². The van der Waals surface area contributed by atoms with E-state index >= 15 is 0 Å². The molecule has 0 aromatic carbocycles. The maximum Gasteiger partial charge on any atom is 0.332 e. The van der Waals surface area contributed by atoms with Crippen LogP contribution >= 0.6 is 7.60 Å². The third-order valence-electron chi connectivity index (χ3n) is 17.4. The van der Waals surface area contributed by atoms with Crippen molar-refractivity contribution in [2.75, 3.05) is 6.61 Å². The van der Waals surface area contributed by atoms with Crippen molar-refractivity contribution in [3.05, 3.63) is 0 Å². The molecule has 322 valence electrons. The Hall–Kier alpha value is -0.0500. The molecule has 0 aromatic rings. The lowest BCUT2D eigenvalue weighted by molar-refractivity contribution is -0.268. The summed E-state index contributed by atoms with van der Waals surface area (Å²) in [6.45, 7) is 13.5. The molecule has 0 bridgehead atoms. The van der Waals surface area contributed by atoms with Crippen LogP contribution in [0.5, 0.6) is 0 Å². The van der Waals surface area contributed by atoms with E-state index in [4.69, 9.17) is 9.47 Å². The van der Waals surface area contributed by atoms with Gasteiger partial charge in [0.15, 0.2) is 6.29 Å². The Morgan fingerprint density at radius 2 is 1.35 bits per heavy atom. The van der Waals surface area contributed by atoms with Gasteiger partial charge < -0.3 is 34.6 Å². The van der Waals surface area contributed by atoms with Gasteiger partial charge >= 0.3 is 7.60 Å². The van der Waals surface area contributed by atoms with E-state index < -0.39 is 55.0 Å². The molecule has 5 aliphatic rings. The van der Waals surface area contributed by atoms with E-state index in [1.54, 1.807) is 0 Å². The second-order valence-electron chi connectivity index (χ2n) is 20.4. The molecular weight excluding hydrogens is 711 g/mol. The van der Waals surface area contributed by atoms with Crippen molar-refractivity contribution < 1.29 is 39.1 Å². The molecule has 0 radical (unpaired) electrons. The van der Waals surface area contributed by atoms with E-state index in [2.05, 4.69) is 41.5 Å². The minimum absolute atomic E-state index is 0.0303. The number of fused-ring (bicyclic) bond motifs is 5. The van der Waals surface area contributed by atoms with E-state index in [9.17, 15) is 29.7 Å². The van der Waals surface area contributed by atoms with Gasteiger partial charge in [-0.05, 0) is 111 Å². The van der Waals surface area contributed by atoms with Crippen molar-refractivity contribution in [1.29, 1.82) is 0 Å². The monoisotopic (exact) mass is 797 g/mol. The number of unbranched alkanes of at least 4 members (excludes halogenated alkanes) is 12. The Labute approximate surface area is 336 Å². The van der Waals surface area contributed by atoms with Gasteiger partial charge in [-0.2, -0.15) is 0 Å². The number of hydrogen-bond donors (Lipinski definition) is 5. The lowest BCUT2D eigenvalue weighted by atomic mass is 9.42. The van der Waals surface area contributed by atoms with Crippen molar-refractivity contribution in [1.82, 2.24) is 0 Å². The molecule has 1 saturated heterocycles. The van der Waals surface area contributed by atoms with Crippen LogP contribution < -0.4 is 0 Å². The quantitative estimate of drug-likeness (QED) is 0.0540. The Bertz CT molecular complexity index is 1230. The first-order valence-corrected chi connectivity index (χ1v) is 25.1. The first-order valence-electron chi connectivity index (χ1n) is 23.5. The molecular formula is C46H85O8P. The second-order valence-corrected chi connectivity index (χ2v) is 22.3. The summed E-state index contributed by atoms with van der Waals surface area (Å²) in [7, 11) is -4.65. The maximum atomic E-state index is 14.3. The van der Waals surface area contributed by atoms with Crippen LogP contribution in [0.25, 0.3) is 0 Å². The fraction of sp³-hybridized carbons (Fsp3) is 1.00. The Balaban J connectivity index is 1.29. The lowest BCUT2D eigenvalue weighted by Gasteiger charge is -2.67. The smallest absolute Gasteiger partial charge is 0.332 e. The average molecular weight is 797 g/mol. The maximum absolute atomic E-state index is 14.3. The van der Waals surface area contributed by atoms with Crippen molar-refractivity contribution in [2.24, 2.45) is 46.3 Å². The zero-order valence-electron chi connectivity index (χ0n) is 36.1. The van der Waals surface area contributed by atoms with Crippen molar-refractivity contribution in [3.63, 3.8) is 0 Å². The molecule has 4 saturated carbocycles. The highest BCUT2D eigenvalue weighted by Gasteiger charge is 2.72. The number of aliphatic hydroxyl groups is 3. The molecule has 5 fully saturated rings. The molecule has 8 nitrogen and oxygen atoms in total. The highest BCUT2D eigenvalue weighted by molar-refractivity contribution is 7.53. The molecule has 1 heterocycles. The van der Waals surface area contributed by atoms with E-state index in [0.29, 0.717) is 42.4 Å². The second kappa shape index (κ2) is 19.6. The molecule has 7 unspecified atom stereocenters. The lowest BCUT2D eigenvalue weighted by Crippen LogP contribution is -2.66. The fourth-order valence-electron chi connectivity index (χ4n) is 14.1. The number of rotatable bonds is 22. The van der Waals surface area contributed by atoms with Crippen LogP contribution in [0.3, 0.4) is 0 Å². The van der Waals surface area contributed by atoms with Gasteiger partial charge in [0.2, 0.25) is 0 Å². The van der Waals surface area contributed by atoms with Crippen LogP contribution in [0.15, 0.2) is 0 Å². The van der Waals surface area contributed by atoms with Crippen LogP contribution in [-0.2, 0) is 14.0 Å². The molecule has 5 N–H and O–H groups in total. The summed E-state index contributed by atoms with van der Waals surface area (Å²) in [5.74, 6) is 2.77. The highest BCUT2D eigenvalue weighted by Crippen LogP contribution is 2.78. The Kier molecular flexibility index (Phi) is 16.4. The summed E-state index contributed by atoms with van der Waals surface area (Å²) in [6.07, 6.45) is 22.8. The number of hydrogen-bond acceptors (Lipinski definition) is 6. The summed E-state index contributed by atoms with van der Waals surface area (Å²) in [5.41, 5.74) is -1.16. The van der Waals surface area contributed by atoms with Crippen molar-refractivity contribution >= 4 is 7.60 Å². The van der Waals surface area contributed by atoms with Gasteiger partial charge in [-0.15, -0.1) is 0 Å². The van der Waals surface area contributed by atoms with Gasteiger partial charge in [-0.25, -0.2) is 0 Å². The fourth-order valence-corrected chi connectivity index (χ4v) is 15.9. The highest BCUT2D eigenvalue weighted by atomic mass is 31.2. The SMILES string of the molecule is CCCCCCCCCCCCCCCC(C)C1(OC2O[C@H](CO)[C@@H](O)[C@H]2O)CC[C@]2(C)C3CC[C@@]4(C)C(CC[C@@H]4[C@H](C)CCC)C3CCC2(P(=O)(O)O)C1. The predicted octanol–water partition coefficient (Wildman–Crippen LogP) is 10.7. The minimum Gasteiger partial charge on any atom is -0.394 e. The standard InChI is InChI=1S/C46H85O8P/c1-7-9-10-11-12-13-14-15-16-17-18-19-20-22-34(4)45(54-42-41(49)40(48)39(31-47)53-42)30-29-44(6)38-26-27-43(5)36(33(3)21-8-2)23-24-37(43)35(38)25-28-46(44,32-45)55(50,51)52/h33-42,47-49H,7-32H2,1-6H3,(H2,50,51,52)/t33-,34?,35?,36-,37?,38?,39-,40-,41-,42?,43-,44-,45?,46?/m1/s1. The summed E-state index contributed by atoms with van der Waals surface area (Å²) >= 11 is 0. The topological polar surface area (TPSA) is 137 Å². The molecule has 9 heteroatoms. The Morgan fingerprint density at radius 1 is 0.727 bits per heavy atom. The largest absolute Gasteiger partial charge is 0.394 e. The zero-order valence-corrected chi connectivity index (χ0v) is 37.0. The molecule has 0 aromatic heterocycles. The number of aliphatic hydroxyl groups excluding tert-OH is 3. The molecule has 5 rings (SSSR count). The van der Waals surface area contributed by atoms with Crippen molar-refractivity contribution in [2.45, 2.75) is 237 Å². The molecule has 4 aliphatic carbocycles. The summed E-state index contributed by atoms with van der Waals surface area (Å²) in [4.78, 5) is 23.3. The van der Waals surface area contributed by atoms with Gasteiger partial charge in [0, 0.05) is 0 Å². The average Bonchev–Trinajstić information content (AvgIpc) is 3.64.